The molecule has 0 saturated carbocycles. The van der Waals surface area contributed by atoms with E-state index >= 15 is 0 Å². The Bertz CT molecular complexity index is 298. The van der Waals surface area contributed by atoms with Gasteiger partial charge in [-0.05, 0) is 12.2 Å². The van der Waals surface area contributed by atoms with Crippen LogP contribution in [0.25, 0.3) is 0 Å². The molecule has 0 spiro atoms. The fourth-order valence-corrected chi connectivity index (χ4v) is 2.21. The van der Waals surface area contributed by atoms with Crippen molar-refractivity contribution in [3.63, 3.8) is 0 Å². The number of hydrogen-bond acceptors (Lipinski definition) is 9. The van der Waals surface area contributed by atoms with Gasteiger partial charge in [0.1, 0.15) is 0 Å². The van der Waals surface area contributed by atoms with Gasteiger partial charge in [0, 0.05) is 26.2 Å². The van der Waals surface area contributed by atoms with Crippen LogP contribution in [0.5, 0.6) is 0 Å². The highest BCUT2D eigenvalue weighted by molar-refractivity contribution is 7.80. The first-order valence-electron chi connectivity index (χ1n) is 7.48. The first kappa shape index (κ1) is 23.4. The van der Waals surface area contributed by atoms with Crippen LogP contribution in [0, 0.1) is 0 Å². The van der Waals surface area contributed by atoms with Gasteiger partial charge in [0.05, 0.1) is 50.8 Å². The summed E-state index contributed by atoms with van der Waals surface area (Å²) in [4.78, 5) is 2.59. The van der Waals surface area contributed by atoms with E-state index in [-0.39, 0.29) is 31.3 Å². The van der Waals surface area contributed by atoms with Crippen LogP contribution in [0.4, 0.5) is 0 Å². The van der Waals surface area contributed by atoms with E-state index in [0.29, 0.717) is 0 Å². The fraction of sp³-hybridized carbons (Fsp3) is 0.923. The molecule has 8 N–H and O–H groups in total. The van der Waals surface area contributed by atoms with E-state index in [9.17, 15) is 20.4 Å². The third-order valence-electron chi connectivity index (χ3n) is 3.11. The molecule has 0 aromatic heterocycles. The van der Waals surface area contributed by atoms with Crippen LogP contribution in [0.15, 0.2) is 0 Å². The minimum atomic E-state index is -1.17. The smallest absolute Gasteiger partial charge is 0.171 e. The Morgan fingerprint density at radius 3 is 0.958 bits per heavy atom. The zero-order chi connectivity index (χ0) is 18.7. The summed E-state index contributed by atoms with van der Waals surface area (Å²) in [5, 5.41) is 74.3. The lowest BCUT2D eigenvalue weighted by Crippen LogP contribution is -2.53. The van der Waals surface area contributed by atoms with Gasteiger partial charge in [0.15, 0.2) is 5.11 Å². The van der Waals surface area contributed by atoms with Crippen molar-refractivity contribution in [2.45, 2.75) is 24.4 Å². The van der Waals surface area contributed by atoms with Crippen LogP contribution in [0.3, 0.4) is 0 Å². The number of thiocarbonyl (C=S) groups is 1. The monoisotopic (exact) mass is 372 g/mol. The molecule has 0 heterocycles. The van der Waals surface area contributed by atoms with Crippen molar-refractivity contribution in [3.05, 3.63) is 0 Å². The largest absolute Gasteiger partial charge is 0.394 e. The van der Waals surface area contributed by atoms with Crippen molar-refractivity contribution in [2.75, 3.05) is 52.6 Å². The Kier molecular flexibility index (Phi) is 12.4. The molecule has 11 heteroatoms. The minimum Gasteiger partial charge on any atom is -0.394 e. The van der Waals surface area contributed by atoms with Gasteiger partial charge < -0.3 is 50.7 Å². The van der Waals surface area contributed by atoms with Crippen LogP contribution < -0.4 is 0 Å². The molecule has 10 nitrogen and oxygen atoms in total. The summed E-state index contributed by atoms with van der Waals surface area (Å²) in [6, 6.07) is 0. The number of rotatable bonds is 12. The third-order valence-corrected chi connectivity index (χ3v) is 3.62. The average molecular weight is 372 g/mol. The lowest BCUT2D eigenvalue weighted by Gasteiger charge is -2.37. The third kappa shape index (κ3) is 9.01. The van der Waals surface area contributed by atoms with Crippen LogP contribution in [0.1, 0.15) is 0 Å². The molecule has 144 valence electrons. The maximum absolute atomic E-state index is 9.61. The van der Waals surface area contributed by atoms with E-state index in [4.69, 9.17) is 32.6 Å². The molecule has 0 saturated heterocycles. The zero-order valence-electron chi connectivity index (χ0n) is 13.3. The average Bonchev–Trinajstić information content (AvgIpc) is 2.58. The number of hydrogen-bond donors (Lipinski definition) is 8. The Labute approximate surface area is 145 Å². The van der Waals surface area contributed by atoms with E-state index in [0.717, 1.165) is 0 Å². The Morgan fingerprint density at radius 1 is 0.583 bits per heavy atom. The van der Waals surface area contributed by atoms with Crippen molar-refractivity contribution in [2.24, 2.45) is 0 Å². The highest BCUT2D eigenvalue weighted by Crippen LogP contribution is 2.07. The Hall–Kier alpha value is -0.630. The summed E-state index contributed by atoms with van der Waals surface area (Å²) in [5.41, 5.74) is 0. The van der Waals surface area contributed by atoms with Gasteiger partial charge in [-0.15, -0.1) is 0 Å². The highest BCUT2D eigenvalue weighted by atomic mass is 32.1. The maximum Gasteiger partial charge on any atom is 0.171 e. The topological polar surface area (TPSA) is 168 Å². The van der Waals surface area contributed by atoms with Crippen molar-refractivity contribution in [1.82, 2.24) is 9.80 Å². The molecular weight excluding hydrogens is 344 g/mol. The summed E-state index contributed by atoms with van der Waals surface area (Å²) >= 11 is 5.24. The molecule has 0 aromatic carbocycles. The summed E-state index contributed by atoms with van der Waals surface area (Å²) in [6.07, 6.45) is -4.66. The van der Waals surface area contributed by atoms with E-state index < -0.39 is 50.8 Å². The van der Waals surface area contributed by atoms with Gasteiger partial charge in [-0.25, -0.2) is 0 Å². The molecule has 4 unspecified atom stereocenters. The van der Waals surface area contributed by atoms with Crippen molar-refractivity contribution in [1.29, 1.82) is 0 Å². The van der Waals surface area contributed by atoms with Crippen LogP contribution in [-0.4, -0.2) is 133 Å². The minimum absolute atomic E-state index is 0.00926. The number of aliphatic hydroxyl groups is 8. The molecule has 0 aliphatic rings. The maximum atomic E-state index is 9.61. The van der Waals surface area contributed by atoms with Gasteiger partial charge in [-0.1, -0.05) is 0 Å². The lowest BCUT2D eigenvalue weighted by molar-refractivity contribution is 0.0282. The quantitative estimate of drug-likeness (QED) is 0.155. The van der Waals surface area contributed by atoms with Gasteiger partial charge in [-0.2, -0.15) is 0 Å². The van der Waals surface area contributed by atoms with E-state index in [1.165, 1.54) is 9.80 Å². The number of nitrogens with zero attached hydrogens (tertiary/aromatic N) is 2. The second-order valence-electron chi connectivity index (χ2n) is 5.44. The standard InChI is InChI=1S/C13H28N2O8S/c16-5-9(20)1-14(2-10(21)6-17)13(24)15(3-11(22)7-18)4-12(23)8-19/h9-12,16-23H,1-8H2. The SMILES string of the molecule is OCC(O)CN(CC(O)CO)C(=S)N(CC(O)CO)CC(O)CO. The zero-order valence-corrected chi connectivity index (χ0v) is 14.2. The second kappa shape index (κ2) is 12.7. The molecule has 0 amide bonds. The first-order valence-corrected chi connectivity index (χ1v) is 7.89. The molecule has 0 bridgehead atoms. The summed E-state index contributed by atoms with van der Waals surface area (Å²) in [6.45, 7) is -2.83. The molecule has 0 radical (unpaired) electrons. The summed E-state index contributed by atoms with van der Waals surface area (Å²) < 4.78 is 0. The molecule has 0 aliphatic carbocycles. The summed E-state index contributed by atoms with van der Waals surface area (Å²) in [5.74, 6) is 0. The van der Waals surface area contributed by atoms with Crippen molar-refractivity contribution in [3.8, 4) is 0 Å². The van der Waals surface area contributed by atoms with Gasteiger partial charge in [0.2, 0.25) is 0 Å². The van der Waals surface area contributed by atoms with Crippen molar-refractivity contribution >= 4 is 17.3 Å². The van der Waals surface area contributed by atoms with Crippen LogP contribution in [-0.2, 0) is 0 Å². The van der Waals surface area contributed by atoms with Gasteiger partial charge in [0.25, 0.3) is 0 Å². The van der Waals surface area contributed by atoms with Crippen LogP contribution >= 0.6 is 12.2 Å². The normalized spacial score (nSPS) is 16.3. The van der Waals surface area contributed by atoms with Gasteiger partial charge in [-0.3, -0.25) is 0 Å². The fourth-order valence-electron chi connectivity index (χ4n) is 1.91. The first-order chi connectivity index (χ1) is 11.3. The van der Waals surface area contributed by atoms with E-state index in [1.807, 2.05) is 0 Å². The van der Waals surface area contributed by atoms with Crippen LogP contribution in [0.2, 0.25) is 0 Å². The van der Waals surface area contributed by atoms with E-state index in [2.05, 4.69) is 0 Å². The second-order valence-corrected chi connectivity index (χ2v) is 5.80. The lowest BCUT2D eigenvalue weighted by atomic mass is 10.2. The molecule has 0 aliphatic heterocycles. The molecule has 0 rings (SSSR count). The predicted molar refractivity (Wildman–Crippen MR) is 88.1 cm³/mol. The number of aliphatic hydroxyl groups excluding tert-OH is 8. The van der Waals surface area contributed by atoms with E-state index in [1.54, 1.807) is 0 Å². The molecule has 0 aromatic rings. The molecule has 24 heavy (non-hydrogen) atoms. The Morgan fingerprint density at radius 2 is 0.792 bits per heavy atom. The molecule has 0 fully saturated rings. The van der Waals surface area contributed by atoms with Gasteiger partial charge >= 0.3 is 0 Å². The molecular formula is C13H28N2O8S. The predicted octanol–water partition coefficient (Wildman–Crippen LogP) is -4.71. The molecule has 4 atom stereocenters. The Balaban J connectivity index is 5.19. The van der Waals surface area contributed by atoms with Crippen molar-refractivity contribution < 1.29 is 40.9 Å². The summed E-state index contributed by atoms with van der Waals surface area (Å²) in [7, 11) is 0. The highest BCUT2D eigenvalue weighted by Gasteiger charge is 2.25.